The lowest BCUT2D eigenvalue weighted by Crippen LogP contribution is -2.10. The molecule has 7 heteroatoms. The lowest BCUT2D eigenvalue weighted by molar-refractivity contribution is -0.140. The topological polar surface area (TPSA) is 26.3 Å². The molecule has 0 N–H and O–H groups in total. The molecule has 0 amide bonds. The van der Waals surface area contributed by atoms with Gasteiger partial charge in [-0.05, 0) is 29.6 Å². The second-order valence-corrected chi connectivity index (χ2v) is 4.76. The molecule has 2 rings (SSSR count). The van der Waals surface area contributed by atoms with E-state index in [2.05, 4.69) is 0 Å². The van der Waals surface area contributed by atoms with Crippen LogP contribution in [0, 0.1) is 5.82 Å². The van der Waals surface area contributed by atoms with E-state index in [-0.39, 0.29) is 16.2 Å². The Labute approximate surface area is 115 Å². The molecule has 0 bridgehead atoms. The zero-order valence-corrected chi connectivity index (χ0v) is 10.9. The van der Waals surface area contributed by atoms with Gasteiger partial charge in [0.25, 0.3) is 0 Å². The average Bonchev–Trinajstić information content (AvgIpc) is 2.85. The first-order valence-electron chi connectivity index (χ1n) is 5.37. The second-order valence-electron chi connectivity index (χ2n) is 3.84. The van der Waals surface area contributed by atoms with Crippen LogP contribution < -0.4 is 4.74 Å². The lowest BCUT2D eigenvalue weighted by Gasteiger charge is -2.09. The van der Waals surface area contributed by atoms with Crippen molar-refractivity contribution in [3.05, 3.63) is 51.5 Å². The van der Waals surface area contributed by atoms with Crippen LogP contribution in [0.4, 0.5) is 17.6 Å². The van der Waals surface area contributed by atoms with Gasteiger partial charge in [-0.3, -0.25) is 4.79 Å². The van der Waals surface area contributed by atoms with E-state index in [1.807, 2.05) is 0 Å². The van der Waals surface area contributed by atoms with Gasteiger partial charge in [-0.2, -0.15) is 13.2 Å². The Hall–Kier alpha value is -1.89. The van der Waals surface area contributed by atoms with Crippen molar-refractivity contribution in [2.24, 2.45) is 0 Å². The van der Waals surface area contributed by atoms with Crippen molar-refractivity contribution in [1.82, 2.24) is 0 Å². The quantitative estimate of drug-likeness (QED) is 0.629. The number of thiophene rings is 1. The lowest BCUT2D eigenvalue weighted by atomic mass is 10.1. The molecule has 0 aliphatic carbocycles. The fourth-order valence-corrected chi connectivity index (χ4v) is 2.46. The van der Waals surface area contributed by atoms with Gasteiger partial charge in [0.1, 0.15) is 16.4 Å². The highest BCUT2D eigenvalue weighted by atomic mass is 32.1. The molecule has 2 aromatic rings. The summed E-state index contributed by atoms with van der Waals surface area (Å²) < 4.78 is 55.9. The minimum Gasteiger partial charge on any atom is -0.495 e. The van der Waals surface area contributed by atoms with Crippen LogP contribution in [0.15, 0.2) is 29.6 Å². The minimum atomic E-state index is -4.85. The Balaban J connectivity index is 2.46. The van der Waals surface area contributed by atoms with E-state index in [9.17, 15) is 22.4 Å². The summed E-state index contributed by atoms with van der Waals surface area (Å²) in [6.07, 6.45) is -4.85. The maximum Gasteiger partial charge on any atom is 0.419 e. The molecule has 1 aromatic heterocycles. The summed E-state index contributed by atoms with van der Waals surface area (Å²) in [6.45, 7) is 0. The van der Waals surface area contributed by atoms with Crippen molar-refractivity contribution in [2.75, 3.05) is 7.11 Å². The fraction of sp³-hybridized carbons (Fsp3) is 0.154. The van der Waals surface area contributed by atoms with Crippen LogP contribution in [0.2, 0.25) is 0 Å². The molecule has 106 valence electrons. The standard InChI is InChI=1S/C13H8F4O2S/c1-19-10-4-5-20-12(10)11(18)7-2-3-9(14)8(6-7)13(15,16)17/h2-6H,1H3. The van der Waals surface area contributed by atoms with Crippen molar-refractivity contribution in [1.29, 1.82) is 0 Å². The smallest absolute Gasteiger partial charge is 0.419 e. The third-order valence-corrected chi connectivity index (χ3v) is 3.48. The number of rotatable bonds is 3. The van der Waals surface area contributed by atoms with E-state index in [0.29, 0.717) is 12.1 Å². The van der Waals surface area contributed by atoms with Crippen LogP contribution in [0.5, 0.6) is 5.75 Å². The van der Waals surface area contributed by atoms with E-state index in [1.165, 1.54) is 13.2 Å². The minimum absolute atomic E-state index is 0.173. The van der Waals surface area contributed by atoms with Crippen LogP contribution in [0.25, 0.3) is 0 Å². The largest absolute Gasteiger partial charge is 0.495 e. The highest BCUT2D eigenvalue weighted by Crippen LogP contribution is 2.33. The average molecular weight is 304 g/mol. The normalized spacial score (nSPS) is 11.4. The van der Waals surface area contributed by atoms with Gasteiger partial charge < -0.3 is 4.74 Å². The van der Waals surface area contributed by atoms with Crippen LogP contribution in [-0.2, 0) is 6.18 Å². The van der Waals surface area contributed by atoms with Crippen molar-refractivity contribution in [3.8, 4) is 5.75 Å². The predicted molar refractivity (Wildman–Crippen MR) is 65.7 cm³/mol. The van der Waals surface area contributed by atoms with Gasteiger partial charge in [0, 0.05) is 5.56 Å². The summed E-state index contributed by atoms with van der Waals surface area (Å²) >= 11 is 1.05. The van der Waals surface area contributed by atoms with Gasteiger partial charge in [0.05, 0.1) is 12.7 Å². The number of methoxy groups -OCH3 is 1. The first-order chi connectivity index (χ1) is 9.34. The molecule has 0 atom stereocenters. The summed E-state index contributed by atoms with van der Waals surface area (Å²) in [7, 11) is 1.35. The number of hydrogen-bond acceptors (Lipinski definition) is 3. The summed E-state index contributed by atoms with van der Waals surface area (Å²) in [6, 6.07) is 3.70. The number of carbonyl (C=O) groups is 1. The van der Waals surface area contributed by atoms with Crippen LogP contribution in [-0.4, -0.2) is 12.9 Å². The number of carbonyl (C=O) groups excluding carboxylic acids is 1. The zero-order chi connectivity index (χ0) is 14.9. The van der Waals surface area contributed by atoms with Gasteiger partial charge in [-0.25, -0.2) is 4.39 Å². The van der Waals surface area contributed by atoms with E-state index < -0.39 is 23.3 Å². The second kappa shape index (κ2) is 5.24. The first kappa shape index (κ1) is 14.5. The Bertz CT molecular complexity index is 646. The van der Waals surface area contributed by atoms with Gasteiger partial charge >= 0.3 is 6.18 Å². The molecule has 1 aromatic carbocycles. The van der Waals surface area contributed by atoms with Crippen LogP contribution in [0.1, 0.15) is 20.8 Å². The molecule has 0 spiro atoms. The molecule has 1 heterocycles. The summed E-state index contributed by atoms with van der Waals surface area (Å²) in [5.41, 5.74) is -1.70. The molecular weight excluding hydrogens is 296 g/mol. The van der Waals surface area contributed by atoms with E-state index in [1.54, 1.807) is 5.38 Å². The fourth-order valence-electron chi connectivity index (χ4n) is 1.64. The number of hydrogen-bond donors (Lipinski definition) is 0. The Morgan fingerprint density at radius 3 is 2.55 bits per heavy atom. The third kappa shape index (κ3) is 2.67. The number of ether oxygens (including phenoxy) is 1. The third-order valence-electron chi connectivity index (χ3n) is 2.59. The molecule has 2 nitrogen and oxygen atoms in total. The Kier molecular flexibility index (Phi) is 3.80. The van der Waals surface area contributed by atoms with Gasteiger partial charge in [-0.15, -0.1) is 11.3 Å². The molecular formula is C13H8F4O2S. The number of benzene rings is 1. The number of alkyl halides is 3. The maximum absolute atomic E-state index is 13.2. The van der Waals surface area contributed by atoms with Crippen LogP contribution >= 0.6 is 11.3 Å². The van der Waals surface area contributed by atoms with Crippen molar-refractivity contribution >= 4 is 17.1 Å². The first-order valence-corrected chi connectivity index (χ1v) is 6.25. The summed E-state index contributed by atoms with van der Waals surface area (Å²) in [5, 5.41) is 1.58. The number of halogens is 4. The van der Waals surface area contributed by atoms with Crippen LogP contribution in [0.3, 0.4) is 0 Å². The summed E-state index contributed by atoms with van der Waals surface area (Å²) in [5.74, 6) is -1.77. The van der Waals surface area contributed by atoms with E-state index >= 15 is 0 Å². The van der Waals surface area contributed by atoms with Gasteiger partial charge in [-0.1, -0.05) is 0 Å². The highest BCUT2D eigenvalue weighted by Gasteiger charge is 2.35. The molecule has 0 aliphatic rings. The van der Waals surface area contributed by atoms with Crippen molar-refractivity contribution in [3.63, 3.8) is 0 Å². The highest BCUT2D eigenvalue weighted by molar-refractivity contribution is 7.12. The Morgan fingerprint density at radius 2 is 1.95 bits per heavy atom. The molecule has 0 saturated heterocycles. The van der Waals surface area contributed by atoms with Crippen molar-refractivity contribution < 1.29 is 27.1 Å². The molecule has 0 saturated carbocycles. The van der Waals surface area contributed by atoms with Gasteiger partial charge in [0.15, 0.2) is 0 Å². The zero-order valence-electron chi connectivity index (χ0n) is 10.1. The molecule has 0 fully saturated rings. The molecule has 0 radical (unpaired) electrons. The van der Waals surface area contributed by atoms with E-state index in [0.717, 1.165) is 17.4 Å². The van der Waals surface area contributed by atoms with Gasteiger partial charge in [0.2, 0.25) is 5.78 Å². The Morgan fingerprint density at radius 1 is 1.25 bits per heavy atom. The molecule has 20 heavy (non-hydrogen) atoms. The van der Waals surface area contributed by atoms with Crippen molar-refractivity contribution in [2.45, 2.75) is 6.18 Å². The predicted octanol–water partition coefficient (Wildman–Crippen LogP) is 4.15. The molecule has 0 aliphatic heterocycles. The molecule has 0 unspecified atom stereocenters. The monoisotopic (exact) mass is 304 g/mol. The van der Waals surface area contributed by atoms with E-state index in [4.69, 9.17) is 4.74 Å². The SMILES string of the molecule is COc1ccsc1C(=O)c1ccc(F)c(C(F)(F)F)c1. The number of ketones is 1. The summed E-state index contributed by atoms with van der Waals surface area (Å²) in [4.78, 5) is 12.3. The maximum atomic E-state index is 13.2.